The van der Waals surface area contributed by atoms with Gasteiger partial charge < -0.3 is 0 Å². The van der Waals surface area contributed by atoms with Crippen LogP contribution in [0.4, 0.5) is 0 Å². The smallest absolute Gasteiger partial charge is 0 e. The predicted octanol–water partition coefficient (Wildman–Crippen LogP) is 3.57. The van der Waals surface area contributed by atoms with Crippen molar-refractivity contribution in [2.24, 2.45) is 0 Å². The van der Waals surface area contributed by atoms with E-state index in [9.17, 15) is 0 Å². The quantitative estimate of drug-likeness (QED) is 0.684. The minimum absolute atomic E-state index is 0. The van der Waals surface area contributed by atoms with Gasteiger partial charge in [-0.1, -0.05) is 13.8 Å². The Morgan fingerprint density at radius 3 is 2.31 bits per heavy atom. The molecule has 0 fully saturated rings. The first kappa shape index (κ1) is 16.6. The van der Waals surface area contributed by atoms with Crippen LogP contribution in [0, 0.1) is 26.0 Å². The minimum Gasteiger partial charge on any atom is -0.226 e. The zero-order valence-electron chi connectivity index (χ0n) is 9.62. The number of hydrogen-bond donors (Lipinski definition) is 0. The number of rotatable bonds is 1. The SMILES string of the molecule is Cc1[c-]c(-c2[c-]cccc2)c(C)cc1.[Y].[Y]. The van der Waals surface area contributed by atoms with Crippen LogP contribution < -0.4 is 0 Å². The summed E-state index contributed by atoms with van der Waals surface area (Å²) < 4.78 is 0. The Balaban J connectivity index is 0.00000112. The fourth-order valence-electron chi connectivity index (χ4n) is 1.50. The van der Waals surface area contributed by atoms with Gasteiger partial charge in [-0.15, -0.1) is 17.7 Å². The van der Waals surface area contributed by atoms with Crippen molar-refractivity contribution in [3.63, 3.8) is 0 Å². The molecule has 0 aliphatic rings. The van der Waals surface area contributed by atoms with Gasteiger partial charge in [0, 0.05) is 65.4 Å². The van der Waals surface area contributed by atoms with Gasteiger partial charge >= 0.3 is 0 Å². The molecule has 0 aliphatic carbocycles. The molecular weight excluding hydrogens is 346 g/mol. The van der Waals surface area contributed by atoms with Crippen LogP contribution in [0.5, 0.6) is 0 Å². The van der Waals surface area contributed by atoms with Crippen LogP contribution in [-0.2, 0) is 65.4 Å². The second-order valence-corrected chi connectivity index (χ2v) is 3.48. The van der Waals surface area contributed by atoms with Gasteiger partial charge in [-0.3, -0.25) is 0 Å². The van der Waals surface area contributed by atoms with E-state index in [4.69, 9.17) is 0 Å². The summed E-state index contributed by atoms with van der Waals surface area (Å²) in [5.41, 5.74) is 4.69. The summed E-state index contributed by atoms with van der Waals surface area (Å²) in [6, 6.07) is 18.8. The predicted molar refractivity (Wildman–Crippen MR) is 59.0 cm³/mol. The van der Waals surface area contributed by atoms with Crippen molar-refractivity contribution >= 4 is 0 Å². The van der Waals surface area contributed by atoms with E-state index in [-0.39, 0.29) is 65.4 Å². The van der Waals surface area contributed by atoms with Crippen LogP contribution in [0.1, 0.15) is 11.1 Å². The van der Waals surface area contributed by atoms with E-state index in [1.165, 1.54) is 11.1 Å². The molecule has 0 N–H and O–H groups in total. The zero-order valence-corrected chi connectivity index (χ0v) is 15.3. The second kappa shape index (κ2) is 7.87. The first-order valence-electron chi connectivity index (χ1n) is 4.74. The molecule has 16 heavy (non-hydrogen) atoms. The fraction of sp³-hybridized carbons (Fsp3) is 0.143. The van der Waals surface area contributed by atoms with Crippen LogP contribution in [0.2, 0.25) is 0 Å². The number of hydrogen-bond acceptors (Lipinski definition) is 0. The van der Waals surface area contributed by atoms with Crippen LogP contribution in [0.25, 0.3) is 11.1 Å². The van der Waals surface area contributed by atoms with Crippen LogP contribution in [0.15, 0.2) is 36.4 Å². The fourth-order valence-corrected chi connectivity index (χ4v) is 1.50. The van der Waals surface area contributed by atoms with Crippen molar-refractivity contribution in [1.29, 1.82) is 0 Å². The summed E-state index contributed by atoms with van der Waals surface area (Å²) in [6.45, 7) is 4.16. The first-order valence-corrected chi connectivity index (χ1v) is 4.74. The van der Waals surface area contributed by atoms with Gasteiger partial charge in [0.2, 0.25) is 0 Å². The van der Waals surface area contributed by atoms with Gasteiger partial charge in [0.15, 0.2) is 0 Å². The maximum Gasteiger partial charge on any atom is 0 e. The van der Waals surface area contributed by atoms with Crippen LogP contribution in [0.3, 0.4) is 0 Å². The Bertz CT molecular complexity index is 436. The molecule has 0 aliphatic heterocycles. The van der Waals surface area contributed by atoms with Gasteiger partial charge in [0.1, 0.15) is 0 Å². The Hall–Kier alpha value is 0.648. The molecule has 0 unspecified atom stereocenters. The Morgan fingerprint density at radius 1 is 0.938 bits per heavy atom. The van der Waals surface area contributed by atoms with E-state index in [0.717, 1.165) is 11.1 Å². The standard InChI is InChI=1S/C14H12.2Y/c1-11-8-9-12(2)14(10-11)13-6-4-3-5-7-13;;/h3-6,8-9H,1-2H3;;/q-2;;. The van der Waals surface area contributed by atoms with Crippen LogP contribution in [-0.4, -0.2) is 0 Å². The third-order valence-corrected chi connectivity index (χ3v) is 2.28. The largest absolute Gasteiger partial charge is 0.226 e. The molecule has 0 aromatic heterocycles. The van der Waals surface area contributed by atoms with E-state index >= 15 is 0 Å². The number of benzene rings is 2. The van der Waals surface area contributed by atoms with Gasteiger partial charge in [-0.25, -0.2) is 11.1 Å². The molecule has 0 heterocycles. The average molecular weight is 358 g/mol. The average Bonchev–Trinajstić information content (AvgIpc) is 2.23. The molecule has 0 atom stereocenters. The van der Waals surface area contributed by atoms with E-state index in [0.29, 0.717) is 0 Å². The monoisotopic (exact) mass is 358 g/mol. The first-order chi connectivity index (χ1) is 6.77. The Morgan fingerprint density at radius 2 is 1.69 bits per heavy atom. The van der Waals surface area contributed by atoms with E-state index < -0.39 is 0 Å². The normalized spacial score (nSPS) is 8.88. The molecule has 2 heteroatoms. The molecular formula is C14H12Y2-2. The summed E-state index contributed by atoms with van der Waals surface area (Å²) in [7, 11) is 0. The molecule has 2 aromatic carbocycles. The van der Waals surface area contributed by atoms with E-state index in [1.807, 2.05) is 18.2 Å². The van der Waals surface area contributed by atoms with Crippen molar-refractivity contribution in [3.05, 3.63) is 59.7 Å². The maximum absolute atomic E-state index is 3.36. The Labute approximate surface area is 148 Å². The van der Waals surface area contributed by atoms with Crippen LogP contribution >= 0.6 is 0 Å². The maximum atomic E-state index is 3.36. The van der Waals surface area contributed by atoms with Gasteiger partial charge in [0.25, 0.3) is 0 Å². The summed E-state index contributed by atoms with van der Waals surface area (Å²) >= 11 is 0. The molecule has 2 aromatic rings. The third kappa shape index (κ3) is 4.15. The van der Waals surface area contributed by atoms with Crippen molar-refractivity contribution in [3.8, 4) is 11.1 Å². The molecule has 0 bridgehead atoms. The van der Waals surface area contributed by atoms with Gasteiger partial charge in [-0.05, 0) is 0 Å². The minimum atomic E-state index is 0. The van der Waals surface area contributed by atoms with Gasteiger partial charge in [-0.2, -0.15) is 42.0 Å². The molecule has 2 rings (SSSR count). The summed E-state index contributed by atoms with van der Waals surface area (Å²) in [4.78, 5) is 0. The summed E-state index contributed by atoms with van der Waals surface area (Å²) in [5.74, 6) is 0. The van der Waals surface area contributed by atoms with Crippen molar-refractivity contribution in [2.75, 3.05) is 0 Å². The van der Waals surface area contributed by atoms with Crippen molar-refractivity contribution in [1.82, 2.24) is 0 Å². The van der Waals surface area contributed by atoms with Crippen molar-refractivity contribution < 1.29 is 65.4 Å². The summed E-state index contributed by atoms with van der Waals surface area (Å²) in [6.07, 6.45) is 0. The van der Waals surface area contributed by atoms with Gasteiger partial charge in [0.05, 0.1) is 0 Å². The molecule has 0 amide bonds. The molecule has 0 nitrogen and oxygen atoms in total. The third-order valence-electron chi connectivity index (χ3n) is 2.28. The van der Waals surface area contributed by atoms with E-state index in [1.54, 1.807) is 0 Å². The molecule has 0 spiro atoms. The Kier molecular flexibility index (Phi) is 8.19. The number of aryl methyl sites for hydroxylation is 2. The molecule has 76 valence electrons. The summed E-state index contributed by atoms with van der Waals surface area (Å²) in [5, 5.41) is 0. The van der Waals surface area contributed by atoms with E-state index in [2.05, 4.69) is 44.2 Å². The van der Waals surface area contributed by atoms with Crippen molar-refractivity contribution in [2.45, 2.75) is 13.8 Å². The topological polar surface area (TPSA) is 0 Å². The molecule has 0 saturated heterocycles. The molecule has 2 radical (unpaired) electrons. The second-order valence-electron chi connectivity index (χ2n) is 3.48. The zero-order chi connectivity index (χ0) is 9.97. The molecule has 0 saturated carbocycles.